The number of methoxy groups -OCH3 is 1. The summed E-state index contributed by atoms with van der Waals surface area (Å²) in [6.07, 6.45) is 8.00. The van der Waals surface area contributed by atoms with Gasteiger partial charge in [0.05, 0.1) is 12.8 Å². The van der Waals surface area contributed by atoms with Crippen LogP contribution in [0.15, 0.2) is 34.9 Å². The fourth-order valence-electron chi connectivity index (χ4n) is 3.11. The number of rotatable bonds is 6. The van der Waals surface area contributed by atoms with Gasteiger partial charge in [-0.1, -0.05) is 19.3 Å². The number of ether oxygens (including phenoxy) is 1. The molecule has 0 unspecified atom stereocenters. The van der Waals surface area contributed by atoms with Gasteiger partial charge in [0.25, 0.3) is 0 Å². The zero-order chi connectivity index (χ0) is 16.8. The molecule has 1 fully saturated rings. The van der Waals surface area contributed by atoms with E-state index < -0.39 is 0 Å². The first-order valence-electron chi connectivity index (χ1n) is 8.63. The number of aromatic nitrogens is 1. The minimum absolute atomic E-state index is 0.188. The molecule has 0 bridgehead atoms. The van der Waals surface area contributed by atoms with Gasteiger partial charge in [-0.05, 0) is 37.1 Å². The van der Waals surface area contributed by atoms with Crippen molar-refractivity contribution < 1.29 is 13.9 Å². The summed E-state index contributed by atoms with van der Waals surface area (Å²) in [4.78, 5) is 16.6. The second-order valence-electron chi connectivity index (χ2n) is 6.25. The monoisotopic (exact) mass is 328 g/mol. The average Bonchev–Trinajstić information content (AvgIpc) is 3.11. The number of benzene rings is 1. The van der Waals surface area contributed by atoms with Crippen LogP contribution >= 0.6 is 0 Å². The molecule has 2 aromatic rings. The van der Waals surface area contributed by atoms with Gasteiger partial charge in [0.1, 0.15) is 12.0 Å². The van der Waals surface area contributed by atoms with Crippen molar-refractivity contribution >= 4 is 5.91 Å². The summed E-state index contributed by atoms with van der Waals surface area (Å²) >= 11 is 0. The van der Waals surface area contributed by atoms with E-state index in [4.69, 9.17) is 9.15 Å². The molecular weight excluding hydrogens is 304 g/mol. The summed E-state index contributed by atoms with van der Waals surface area (Å²) in [6.45, 7) is 0.601. The summed E-state index contributed by atoms with van der Waals surface area (Å²) < 4.78 is 10.7. The van der Waals surface area contributed by atoms with Gasteiger partial charge in [0.2, 0.25) is 11.8 Å². The number of nitrogens with zero attached hydrogens (tertiary/aromatic N) is 1. The van der Waals surface area contributed by atoms with E-state index in [2.05, 4.69) is 10.3 Å². The zero-order valence-corrected chi connectivity index (χ0v) is 14.1. The van der Waals surface area contributed by atoms with E-state index in [1.807, 2.05) is 24.3 Å². The lowest BCUT2D eigenvalue weighted by Gasteiger charge is -2.20. The van der Waals surface area contributed by atoms with E-state index >= 15 is 0 Å². The minimum atomic E-state index is 0.188. The molecule has 1 aliphatic carbocycles. The van der Waals surface area contributed by atoms with E-state index in [9.17, 15) is 4.79 Å². The van der Waals surface area contributed by atoms with Crippen molar-refractivity contribution in [2.24, 2.45) is 5.92 Å². The molecule has 128 valence electrons. The van der Waals surface area contributed by atoms with Crippen LogP contribution in [0.25, 0.3) is 11.5 Å². The van der Waals surface area contributed by atoms with Crippen molar-refractivity contribution in [3.63, 3.8) is 0 Å². The topological polar surface area (TPSA) is 64.4 Å². The molecule has 1 heterocycles. The van der Waals surface area contributed by atoms with Crippen LogP contribution in [0.1, 0.15) is 37.8 Å². The molecule has 1 aliphatic rings. The maximum atomic E-state index is 12.1. The quantitative estimate of drug-likeness (QED) is 0.880. The first-order chi connectivity index (χ1) is 11.8. The standard InChI is InChI=1S/C19H24N2O3/c1-23-17-9-7-15(8-10-17)19-21-16(13-24-19)11-12-20-18(22)14-5-3-2-4-6-14/h7-10,13-14H,2-6,11-12H2,1H3,(H,20,22). The lowest BCUT2D eigenvalue weighted by atomic mass is 9.89. The van der Waals surface area contributed by atoms with E-state index in [1.165, 1.54) is 19.3 Å². The first-order valence-corrected chi connectivity index (χ1v) is 8.63. The van der Waals surface area contributed by atoms with Crippen molar-refractivity contribution in [2.45, 2.75) is 38.5 Å². The van der Waals surface area contributed by atoms with Crippen LogP contribution in [0, 0.1) is 5.92 Å². The molecule has 0 aliphatic heterocycles. The van der Waals surface area contributed by atoms with Crippen LogP contribution in [0.2, 0.25) is 0 Å². The zero-order valence-electron chi connectivity index (χ0n) is 14.1. The highest BCUT2D eigenvalue weighted by molar-refractivity contribution is 5.78. The van der Waals surface area contributed by atoms with Crippen molar-refractivity contribution in [3.8, 4) is 17.2 Å². The van der Waals surface area contributed by atoms with Gasteiger partial charge >= 0.3 is 0 Å². The predicted molar refractivity (Wildman–Crippen MR) is 91.8 cm³/mol. The molecule has 1 aromatic heterocycles. The van der Waals surface area contributed by atoms with Crippen molar-refractivity contribution in [1.82, 2.24) is 10.3 Å². The molecule has 0 atom stereocenters. The largest absolute Gasteiger partial charge is 0.497 e. The number of amides is 1. The number of carbonyl (C=O) groups is 1. The van der Waals surface area contributed by atoms with Gasteiger partial charge in [-0.25, -0.2) is 4.98 Å². The normalized spacial score (nSPS) is 15.2. The van der Waals surface area contributed by atoms with Crippen LogP contribution < -0.4 is 10.1 Å². The van der Waals surface area contributed by atoms with Crippen LogP contribution in [-0.2, 0) is 11.2 Å². The van der Waals surface area contributed by atoms with Crippen molar-refractivity contribution in [3.05, 3.63) is 36.2 Å². The third kappa shape index (κ3) is 4.16. The van der Waals surface area contributed by atoms with Gasteiger partial charge in [-0.3, -0.25) is 4.79 Å². The summed E-state index contributed by atoms with van der Waals surface area (Å²) in [5.74, 6) is 1.78. The van der Waals surface area contributed by atoms with Gasteiger partial charge < -0.3 is 14.5 Å². The number of oxazole rings is 1. The Bertz CT molecular complexity index is 658. The summed E-state index contributed by atoms with van der Waals surface area (Å²) in [5.41, 5.74) is 1.76. The molecule has 24 heavy (non-hydrogen) atoms. The van der Waals surface area contributed by atoms with Gasteiger partial charge in [-0.2, -0.15) is 0 Å². The van der Waals surface area contributed by atoms with Crippen LogP contribution in [0.3, 0.4) is 0 Å². The van der Waals surface area contributed by atoms with Crippen LogP contribution in [0.4, 0.5) is 0 Å². The van der Waals surface area contributed by atoms with E-state index in [1.54, 1.807) is 13.4 Å². The Morgan fingerprint density at radius 1 is 1.25 bits per heavy atom. The van der Waals surface area contributed by atoms with E-state index in [-0.39, 0.29) is 11.8 Å². The molecule has 1 aromatic carbocycles. The van der Waals surface area contributed by atoms with Gasteiger partial charge in [0.15, 0.2) is 0 Å². The number of hydrogen-bond donors (Lipinski definition) is 1. The Labute approximate surface area is 142 Å². The smallest absolute Gasteiger partial charge is 0.226 e. The number of carbonyl (C=O) groups excluding carboxylic acids is 1. The minimum Gasteiger partial charge on any atom is -0.497 e. The lowest BCUT2D eigenvalue weighted by Crippen LogP contribution is -2.33. The van der Waals surface area contributed by atoms with Gasteiger partial charge in [0, 0.05) is 24.4 Å². The number of hydrogen-bond acceptors (Lipinski definition) is 4. The van der Waals surface area contributed by atoms with Gasteiger partial charge in [-0.15, -0.1) is 0 Å². The first kappa shape index (κ1) is 16.6. The summed E-state index contributed by atoms with van der Waals surface area (Å²) in [6, 6.07) is 7.59. The molecule has 3 rings (SSSR count). The molecule has 0 saturated heterocycles. The van der Waals surface area contributed by atoms with E-state index in [0.717, 1.165) is 29.8 Å². The summed E-state index contributed by atoms with van der Waals surface area (Å²) in [7, 11) is 1.64. The van der Waals surface area contributed by atoms with E-state index in [0.29, 0.717) is 18.9 Å². The number of nitrogens with one attached hydrogen (secondary N) is 1. The average molecular weight is 328 g/mol. The molecule has 5 nitrogen and oxygen atoms in total. The predicted octanol–water partition coefficient (Wildman–Crippen LogP) is 3.59. The Kier molecular flexibility index (Phi) is 5.51. The van der Waals surface area contributed by atoms with Crippen LogP contribution in [-0.4, -0.2) is 24.5 Å². The third-order valence-electron chi connectivity index (χ3n) is 4.55. The van der Waals surface area contributed by atoms with Crippen LogP contribution in [0.5, 0.6) is 5.75 Å². The third-order valence-corrected chi connectivity index (χ3v) is 4.55. The summed E-state index contributed by atoms with van der Waals surface area (Å²) in [5, 5.41) is 3.03. The molecule has 1 amide bonds. The van der Waals surface area contributed by atoms with Crippen molar-refractivity contribution in [2.75, 3.05) is 13.7 Å². The molecular formula is C19H24N2O3. The Morgan fingerprint density at radius 3 is 2.71 bits per heavy atom. The second kappa shape index (κ2) is 7.99. The lowest BCUT2D eigenvalue weighted by molar-refractivity contribution is -0.125. The SMILES string of the molecule is COc1ccc(-c2nc(CCNC(=O)C3CCCCC3)co2)cc1. The van der Waals surface area contributed by atoms with Crippen molar-refractivity contribution in [1.29, 1.82) is 0 Å². The maximum Gasteiger partial charge on any atom is 0.226 e. The highest BCUT2D eigenvalue weighted by Gasteiger charge is 2.20. The Hall–Kier alpha value is -2.30. The molecule has 5 heteroatoms. The maximum absolute atomic E-state index is 12.1. The Morgan fingerprint density at radius 2 is 2.00 bits per heavy atom. The molecule has 1 saturated carbocycles. The molecule has 0 radical (unpaired) electrons. The fraction of sp³-hybridized carbons (Fsp3) is 0.474. The second-order valence-corrected chi connectivity index (χ2v) is 6.25. The highest BCUT2D eigenvalue weighted by Crippen LogP contribution is 2.24. The molecule has 0 spiro atoms. The Balaban J connectivity index is 1.49. The fourth-order valence-corrected chi connectivity index (χ4v) is 3.11. The molecule has 1 N–H and O–H groups in total. The highest BCUT2D eigenvalue weighted by atomic mass is 16.5.